The number of ether oxygens (including phenoxy) is 1. The van der Waals surface area contributed by atoms with Crippen molar-refractivity contribution in [3.8, 4) is 5.75 Å². The standard InChI is InChI=1S/C18H25ClN2O2.C2HF3O2/c19-15-3-5-16(6-4-15)23-17-8-12-21(13-9-17)18(22)14-2-1-10-20-11-7-14;3-2(4,5)1(6)7/h3-6,14,17,20H,1-2,7-13H2;(H,6,7). The lowest BCUT2D eigenvalue weighted by Gasteiger charge is -2.34. The number of likely N-dealkylation sites (tertiary alicyclic amines) is 1. The van der Waals surface area contributed by atoms with Crippen LogP contribution in [0.15, 0.2) is 24.3 Å². The molecule has 1 amide bonds. The molecule has 2 N–H and O–H groups in total. The maximum Gasteiger partial charge on any atom is 0.490 e. The topological polar surface area (TPSA) is 78.9 Å². The van der Waals surface area contributed by atoms with Gasteiger partial charge in [0.05, 0.1) is 0 Å². The molecule has 2 fully saturated rings. The van der Waals surface area contributed by atoms with Crippen LogP contribution in [0.3, 0.4) is 0 Å². The molecule has 6 nitrogen and oxygen atoms in total. The van der Waals surface area contributed by atoms with Gasteiger partial charge in [0.1, 0.15) is 11.9 Å². The largest absolute Gasteiger partial charge is 0.490 e. The summed E-state index contributed by atoms with van der Waals surface area (Å²) in [6.07, 6.45) is 0.00852. The van der Waals surface area contributed by atoms with E-state index in [1.165, 1.54) is 0 Å². The van der Waals surface area contributed by atoms with Crippen molar-refractivity contribution in [2.75, 3.05) is 26.2 Å². The summed E-state index contributed by atoms with van der Waals surface area (Å²) in [4.78, 5) is 23.6. The first-order chi connectivity index (χ1) is 14.2. The van der Waals surface area contributed by atoms with Crippen molar-refractivity contribution < 1.29 is 32.6 Å². The highest BCUT2D eigenvalue weighted by Gasteiger charge is 2.38. The average Bonchev–Trinajstić information content (AvgIpc) is 2.99. The highest BCUT2D eigenvalue weighted by atomic mass is 35.5. The molecule has 10 heteroatoms. The number of hydrogen-bond acceptors (Lipinski definition) is 4. The number of carboxylic acids is 1. The normalized spacial score (nSPS) is 20.5. The van der Waals surface area contributed by atoms with Crippen LogP contribution in [0.25, 0.3) is 0 Å². The molecule has 2 aliphatic heterocycles. The van der Waals surface area contributed by atoms with Crippen LogP contribution in [-0.4, -0.2) is 60.3 Å². The van der Waals surface area contributed by atoms with Gasteiger partial charge in [-0.05, 0) is 56.6 Å². The van der Waals surface area contributed by atoms with Gasteiger partial charge in [-0.3, -0.25) is 4.79 Å². The quantitative estimate of drug-likeness (QED) is 0.733. The molecule has 3 rings (SSSR count). The third-order valence-electron chi connectivity index (χ3n) is 5.04. The minimum absolute atomic E-state index is 0.191. The summed E-state index contributed by atoms with van der Waals surface area (Å²) in [6.45, 7) is 3.62. The van der Waals surface area contributed by atoms with Gasteiger partial charge in [0.2, 0.25) is 5.91 Å². The second-order valence-corrected chi connectivity index (χ2v) is 7.71. The predicted molar refractivity (Wildman–Crippen MR) is 106 cm³/mol. The molecule has 0 radical (unpaired) electrons. The first-order valence-electron chi connectivity index (χ1n) is 9.88. The zero-order valence-electron chi connectivity index (χ0n) is 16.5. The summed E-state index contributed by atoms with van der Waals surface area (Å²) in [5.74, 6) is -1.35. The highest BCUT2D eigenvalue weighted by Crippen LogP contribution is 2.23. The molecule has 2 aliphatic rings. The van der Waals surface area contributed by atoms with Crippen LogP contribution in [0.1, 0.15) is 32.1 Å². The van der Waals surface area contributed by atoms with Crippen molar-refractivity contribution in [2.45, 2.75) is 44.4 Å². The molecule has 2 heterocycles. The van der Waals surface area contributed by atoms with E-state index in [9.17, 15) is 18.0 Å². The van der Waals surface area contributed by atoms with E-state index in [-0.39, 0.29) is 12.0 Å². The molecule has 0 aliphatic carbocycles. The number of carboxylic acid groups (broad SMARTS) is 1. The molecular weight excluding hydrogens is 425 g/mol. The van der Waals surface area contributed by atoms with Crippen molar-refractivity contribution in [1.29, 1.82) is 0 Å². The van der Waals surface area contributed by atoms with Crippen LogP contribution in [0, 0.1) is 5.92 Å². The number of nitrogens with one attached hydrogen (secondary N) is 1. The molecule has 1 unspecified atom stereocenters. The first kappa shape index (κ1) is 24.3. The second-order valence-electron chi connectivity index (χ2n) is 7.28. The number of benzene rings is 1. The minimum Gasteiger partial charge on any atom is -0.490 e. The van der Waals surface area contributed by atoms with Crippen molar-refractivity contribution in [3.63, 3.8) is 0 Å². The molecule has 0 saturated carbocycles. The van der Waals surface area contributed by atoms with Crippen molar-refractivity contribution in [1.82, 2.24) is 10.2 Å². The maximum absolute atomic E-state index is 12.7. The average molecular weight is 451 g/mol. The van der Waals surface area contributed by atoms with Gasteiger partial charge in [-0.1, -0.05) is 11.6 Å². The molecule has 0 bridgehead atoms. The number of piperidine rings is 1. The number of halogens is 4. The van der Waals surface area contributed by atoms with Crippen LogP contribution < -0.4 is 10.1 Å². The summed E-state index contributed by atoms with van der Waals surface area (Å²) in [5.41, 5.74) is 0. The number of rotatable bonds is 3. The summed E-state index contributed by atoms with van der Waals surface area (Å²) < 4.78 is 37.7. The molecule has 168 valence electrons. The lowest BCUT2D eigenvalue weighted by molar-refractivity contribution is -0.192. The fraction of sp³-hybridized carbons (Fsp3) is 0.600. The highest BCUT2D eigenvalue weighted by molar-refractivity contribution is 6.30. The summed E-state index contributed by atoms with van der Waals surface area (Å²) in [5, 5.41) is 11.2. The number of hydrogen-bond donors (Lipinski definition) is 2. The van der Waals surface area contributed by atoms with E-state index in [1.54, 1.807) is 0 Å². The Labute approximate surface area is 178 Å². The first-order valence-corrected chi connectivity index (χ1v) is 10.3. The number of aliphatic carboxylic acids is 1. The van der Waals surface area contributed by atoms with Gasteiger partial charge in [0.15, 0.2) is 0 Å². The summed E-state index contributed by atoms with van der Waals surface area (Å²) in [6, 6.07) is 7.49. The van der Waals surface area contributed by atoms with Gasteiger partial charge in [-0.2, -0.15) is 13.2 Å². The molecule has 0 spiro atoms. The van der Waals surface area contributed by atoms with Gasteiger partial charge in [-0.15, -0.1) is 0 Å². The van der Waals surface area contributed by atoms with E-state index < -0.39 is 12.1 Å². The summed E-state index contributed by atoms with van der Waals surface area (Å²) >= 11 is 5.89. The SMILES string of the molecule is O=C(C1CCCNCC1)N1CCC(Oc2ccc(Cl)cc2)CC1.O=C(O)C(F)(F)F. The third kappa shape index (κ3) is 8.02. The zero-order chi connectivity index (χ0) is 22.1. The number of carbonyl (C=O) groups is 2. The Morgan fingerprint density at radius 3 is 2.23 bits per heavy atom. The number of nitrogens with zero attached hydrogens (tertiary/aromatic N) is 1. The molecule has 30 heavy (non-hydrogen) atoms. The number of alkyl halides is 3. The van der Waals surface area contributed by atoms with Gasteiger partial charge >= 0.3 is 12.1 Å². The van der Waals surface area contributed by atoms with Crippen LogP contribution in [0.5, 0.6) is 5.75 Å². The van der Waals surface area contributed by atoms with E-state index in [2.05, 4.69) is 5.32 Å². The molecule has 1 aromatic carbocycles. The predicted octanol–water partition coefficient (Wildman–Crippen LogP) is 3.73. The van der Waals surface area contributed by atoms with Crippen molar-refractivity contribution in [2.24, 2.45) is 5.92 Å². The zero-order valence-corrected chi connectivity index (χ0v) is 17.2. The van der Waals surface area contributed by atoms with Crippen LogP contribution >= 0.6 is 11.6 Å². The third-order valence-corrected chi connectivity index (χ3v) is 5.29. The van der Waals surface area contributed by atoms with Gasteiger partial charge in [0, 0.05) is 36.9 Å². The Morgan fingerprint density at radius 2 is 1.67 bits per heavy atom. The van der Waals surface area contributed by atoms with Crippen molar-refractivity contribution in [3.05, 3.63) is 29.3 Å². The molecule has 2 saturated heterocycles. The fourth-order valence-corrected chi connectivity index (χ4v) is 3.55. The van der Waals surface area contributed by atoms with Gasteiger partial charge in [0.25, 0.3) is 0 Å². The summed E-state index contributed by atoms with van der Waals surface area (Å²) in [7, 11) is 0. The van der Waals surface area contributed by atoms with Gasteiger partial charge < -0.3 is 20.1 Å². The molecule has 0 aromatic heterocycles. The molecular formula is C20H26ClF3N2O4. The fourth-order valence-electron chi connectivity index (χ4n) is 3.42. The van der Waals surface area contributed by atoms with Crippen molar-refractivity contribution >= 4 is 23.5 Å². The van der Waals surface area contributed by atoms with Crippen LogP contribution in [0.2, 0.25) is 5.02 Å². The van der Waals surface area contributed by atoms with E-state index in [1.807, 2.05) is 29.2 Å². The van der Waals surface area contributed by atoms with E-state index in [0.717, 1.165) is 69.1 Å². The monoisotopic (exact) mass is 450 g/mol. The minimum atomic E-state index is -5.08. The number of carbonyl (C=O) groups excluding carboxylic acids is 1. The van der Waals surface area contributed by atoms with E-state index in [0.29, 0.717) is 5.91 Å². The second kappa shape index (κ2) is 11.4. The van der Waals surface area contributed by atoms with E-state index in [4.69, 9.17) is 26.2 Å². The Hall–Kier alpha value is -2.00. The Bertz CT molecular complexity index is 684. The van der Waals surface area contributed by atoms with Crippen LogP contribution in [-0.2, 0) is 9.59 Å². The Morgan fingerprint density at radius 1 is 1.07 bits per heavy atom. The molecule has 1 aromatic rings. The Kier molecular flexibility index (Phi) is 9.23. The lowest BCUT2D eigenvalue weighted by atomic mass is 9.97. The van der Waals surface area contributed by atoms with E-state index >= 15 is 0 Å². The maximum atomic E-state index is 12.7. The van der Waals surface area contributed by atoms with Crippen LogP contribution in [0.4, 0.5) is 13.2 Å². The lowest BCUT2D eigenvalue weighted by Crippen LogP contribution is -2.44. The van der Waals surface area contributed by atoms with Gasteiger partial charge in [-0.25, -0.2) is 4.79 Å². The molecule has 1 atom stereocenters. The Balaban J connectivity index is 0.000000396. The number of amides is 1. The smallest absolute Gasteiger partial charge is 0.490 e.